The number of hydrogen-bond donors (Lipinski definition) is 0. The summed E-state index contributed by atoms with van der Waals surface area (Å²) in [6.07, 6.45) is -0.685. The summed E-state index contributed by atoms with van der Waals surface area (Å²) in [5.74, 6) is 5.73. The minimum atomic E-state index is -0.685. The third-order valence-electron chi connectivity index (χ3n) is 2.51. The molecule has 0 aliphatic heterocycles. The quantitative estimate of drug-likeness (QED) is 0.609. The van der Waals surface area contributed by atoms with E-state index in [-0.39, 0.29) is 6.61 Å². The fraction of sp³-hybridized carbons (Fsp3) is 0.188. The first-order valence-corrected chi connectivity index (χ1v) is 6.07. The van der Waals surface area contributed by atoms with Gasteiger partial charge in [-0.15, -0.1) is 0 Å². The third kappa shape index (κ3) is 3.75. The maximum atomic E-state index is 10.9. The Labute approximate surface area is 112 Å². The average Bonchev–Trinajstić information content (AvgIpc) is 2.44. The molecule has 0 saturated heterocycles. The van der Waals surface area contributed by atoms with Crippen molar-refractivity contribution in [3.63, 3.8) is 0 Å². The highest BCUT2D eigenvalue weighted by molar-refractivity contribution is 5.83. The van der Waals surface area contributed by atoms with E-state index >= 15 is 0 Å². The summed E-state index contributed by atoms with van der Waals surface area (Å²) < 4.78 is 9.38. The summed E-state index contributed by atoms with van der Waals surface area (Å²) >= 11 is 0. The predicted octanol–water partition coefficient (Wildman–Crippen LogP) is 3.36. The molecule has 0 unspecified atom stereocenters. The molecule has 0 aliphatic rings. The van der Waals surface area contributed by atoms with E-state index in [4.69, 9.17) is 4.74 Å². The molecule has 96 valence electrons. The molecule has 0 amide bonds. The van der Waals surface area contributed by atoms with Gasteiger partial charge in [0.1, 0.15) is 0 Å². The van der Waals surface area contributed by atoms with Crippen LogP contribution in [0.2, 0.25) is 0 Å². The SMILES string of the molecule is CCOC(=O)OCC#Cc1ccc2ccccc2c1. The number of carbonyl (C=O) groups is 1. The Hall–Kier alpha value is -2.47. The van der Waals surface area contributed by atoms with E-state index in [1.807, 2.05) is 36.4 Å². The van der Waals surface area contributed by atoms with Gasteiger partial charge < -0.3 is 9.47 Å². The predicted molar refractivity (Wildman–Crippen MR) is 73.8 cm³/mol. The fourth-order valence-corrected chi connectivity index (χ4v) is 1.66. The number of benzene rings is 2. The second-order valence-corrected chi connectivity index (χ2v) is 3.84. The van der Waals surface area contributed by atoms with Gasteiger partial charge in [-0.1, -0.05) is 42.2 Å². The first kappa shape index (κ1) is 13.0. The first-order valence-electron chi connectivity index (χ1n) is 6.07. The normalized spacial score (nSPS) is 9.53. The lowest BCUT2D eigenvalue weighted by Crippen LogP contribution is -2.06. The maximum Gasteiger partial charge on any atom is 0.509 e. The smallest absolute Gasteiger partial charge is 0.435 e. The van der Waals surface area contributed by atoms with Crippen molar-refractivity contribution in [3.8, 4) is 11.8 Å². The number of ether oxygens (including phenoxy) is 2. The van der Waals surface area contributed by atoms with Gasteiger partial charge in [0.2, 0.25) is 0 Å². The molecule has 3 nitrogen and oxygen atoms in total. The molecule has 2 aromatic rings. The van der Waals surface area contributed by atoms with E-state index in [1.54, 1.807) is 6.92 Å². The van der Waals surface area contributed by atoms with Crippen molar-refractivity contribution in [1.82, 2.24) is 0 Å². The zero-order valence-electron chi connectivity index (χ0n) is 10.7. The van der Waals surface area contributed by atoms with Gasteiger partial charge >= 0.3 is 6.16 Å². The van der Waals surface area contributed by atoms with E-state index < -0.39 is 6.16 Å². The molecule has 2 rings (SSSR count). The zero-order valence-corrected chi connectivity index (χ0v) is 10.7. The van der Waals surface area contributed by atoms with Crippen LogP contribution < -0.4 is 0 Å². The number of hydrogen-bond acceptors (Lipinski definition) is 3. The van der Waals surface area contributed by atoms with Crippen LogP contribution in [-0.2, 0) is 9.47 Å². The van der Waals surface area contributed by atoms with Crippen LogP contribution in [0.1, 0.15) is 12.5 Å². The lowest BCUT2D eigenvalue weighted by Gasteiger charge is -1.99. The van der Waals surface area contributed by atoms with Gasteiger partial charge in [-0.3, -0.25) is 0 Å². The molecule has 0 spiro atoms. The molecule has 0 bridgehead atoms. The van der Waals surface area contributed by atoms with Crippen molar-refractivity contribution >= 4 is 16.9 Å². The Morgan fingerprint density at radius 2 is 1.89 bits per heavy atom. The Balaban J connectivity index is 2.00. The van der Waals surface area contributed by atoms with Crippen LogP contribution in [0.15, 0.2) is 42.5 Å². The minimum absolute atomic E-state index is 0.0334. The molecular weight excluding hydrogens is 240 g/mol. The van der Waals surface area contributed by atoms with Crippen molar-refractivity contribution in [3.05, 3.63) is 48.0 Å². The van der Waals surface area contributed by atoms with E-state index in [1.165, 1.54) is 5.39 Å². The lowest BCUT2D eigenvalue weighted by atomic mass is 10.1. The number of rotatable bonds is 2. The number of fused-ring (bicyclic) bond motifs is 1. The molecule has 0 aromatic heterocycles. The van der Waals surface area contributed by atoms with Gasteiger partial charge in [0.05, 0.1) is 6.61 Å². The topological polar surface area (TPSA) is 35.5 Å². The highest BCUT2D eigenvalue weighted by Crippen LogP contribution is 2.14. The van der Waals surface area contributed by atoms with Crippen LogP contribution in [0.25, 0.3) is 10.8 Å². The van der Waals surface area contributed by atoms with Crippen LogP contribution >= 0.6 is 0 Å². The Kier molecular flexibility index (Phi) is 4.41. The summed E-state index contributed by atoms with van der Waals surface area (Å²) in [7, 11) is 0. The molecule has 0 fully saturated rings. The van der Waals surface area contributed by atoms with E-state index in [0.717, 1.165) is 10.9 Å². The van der Waals surface area contributed by atoms with E-state index in [2.05, 4.69) is 22.6 Å². The van der Waals surface area contributed by atoms with Crippen LogP contribution in [0, 0.1) is 11.8 Å². The Bertz CT molecular complexity index is 635. The summed E-state index contributed by atoms with van der Waals surface area (Å²) in [5.41, 5.74) is 0.895. The van der Waals surface area contributed by atoms with Crippen molar-refractivity contribution in [1.29, 1.82) is 0 Å². The third-order valence-corrected chi connectivity index (χ3v) is 2.51. The first-order chi connectivity index (χ1) is 9.29. The summed E-state index contributed by atoms with van der Waals surface area (Å²) in [5, 5.41) is 2.32. The second kappa shape index (κ2) is 6.46. The molecule has 0 radical (unpaired) electrons. The van der Waals surface area contributed by atoms with Gasteiger partial charge in [-0.25, -0.2) is 4.79 Å². The van der Waals surface area contributed by atoms with Gasteiger partial charge in [0.25, 0.3) is 0 Å². The summed E-state index contributed by atoms with van der Waals surface area (Å²) in [6.45, 7) is 2.06. The molecule has 0 heterocycles. The monoisotopic (exact) mass is 254 g/mol. The Morgan fingerprint density at radius 3 is 2.68 bits per heavy atom. The van der Waals surface area contributed by atoms with Gasteiger partial charge in [0, 0.05) is 5.56 Å². The molecule has 3 heteroatoms. The van der Waals surface area contributed by atoms with Gasteiger partial charge in [-0.05, 0) is 29.8 Å². The van der Waals surface area contributed by atoms with Crippen LogP contribution in [0.4, 0.5) is 4.79 Å². The molecular formula is C16H14O3. The van der Waals surface area contributed by atoms with E-state index in [0.29, 0.717) is 6.61 Å². The van der Waals surface area contributed by atoms with E-state index in [9.17, 15) is 4.79 Å². The molecule has 0 saturated carbocycles. The van der Waals surface area contributed by atoms with Crippen LogP contribution in [0.3, 0.4) is 0 Å². The summed E-state index contributed by atoms with van der Waals surface area (Å²) in [4.78, 5) is 10.9. The van der Waals surface area contributed by atoms with Gasteiger partial charge in [0.15, 0.2) is 6.61 Å². The molecule has 0 N–H and O–H groups in total. The van der Waals surface area contributed by atoms with Crippen molar-refractivity contribution in [2.45, 2.75) is 6.92 Å². The molecule has 2 aromatic carbocycles. The van der Waals surface area contributed by atoms with Crippen LogP contribution in [-0.4, -0.2) is 19.4 Å². The lowest BCUT2D eigenvalue weighted by molar-refractivity contribution is 0.0687. The highest BCUT2D eigenvalue weighted by atomic mass is 16.7. The molecule has 0 atom stereocenters. The largest absolute Gasteiger partial charge is 0.509 e. The minimum Gasteiger partial charge on any atom is -0.435 e. The van der Waals surface area contributed by atoms with Crippen molar-refractivity contribution in [2.75, 3.05) is 13.2 Å². The summed E-state index contributed by atoms with van der Waals surface area (Å²) in [6, 6.07) is 14.0. The van der Waals surface area contributed by atoms with Crippen molar-refractivity contribution in [2.24, 2.45) is 0 Å². The zero-order chi connectivity index (χ0) is 13.5. The fourth-order valence-electron chi connectivity index (χ4n) is 1.66. The Morgan fingerprint density at radius 1 is 1.11 bits per heavy atom. The average molecular weight is 254 g/mol. The number of carbonyl (C=O) groups excluding carboxylic acids is 1. The van der Waals surface area contributed by atoms with Gasteiger partial charge in [-0.2, -0.15) is 0 Å². The molecule has 0 aliphatic carbocycles. The molecule has 19 heavy (non-hydrogen) atoms. The second-order valence-electron chi connectivity index (χ2n) is 3.84. The van der Waals surface area contributed by atoms with Crippen molar-refractivity contribution < 1.29 is 14.3 Å². The van der Waals surface area contributed by atoms with Crippen LogP contribution in [0.5, 0.6) is 0 Å². The maximum absolute atomic E-state index is 10.9. The highest BCUT2D eigenvalue weighted by Gasteiger charge is 1.98. The standard InChI is InChI=1S/C16H14O3/c1-2-18-16(17)19-11-5-6-13-9-10-14-7-3-4-8-15(14)12-13/h3-4,7-10,12H,2,11H2,1H3.